The summed E-state index contributed by atoms with van der Waals surface area (Å²) < 4.78 is 5.22. The number of anilines is 1. The molecule has 128 valence electrons. The molecule has 0 saturated carbocycles. The maximum absolute atomic E-state index is 6.08. The van der Waals surface area contributed by atoms with Gasteiger partial charge in [0, 0.05) is 30.9 Å². The third-order valence-corrected chi connectivity index (χ3v) is 4.15. The molecule has 1 saturated heterocycles. The van der Waals surface area contributed by atoms with Gasteiger partial charge in [-0.15, -0.1) is 0 Å². The number of para-hydroxylation sites is 1. The Balaban J connectivity index is 1.93. The average molecular weight is 318 g/mol. The van der Waals surface area contributed by atoms with E-state index >= 15 is 0 Å². The van der Waals surface area contributed by atoms with Gasteiger partial charge in [-0.2, -0.15) is 0 Å². The van der Waals surface area contributed by atoms with Crippen LogP contribution in [0.4, 0.5) is 5.69 Å². The Bertz CT molecular complexity index is 515. The largest absolute Gasteiger partial charge is 0.380 e. The van der Waals surface area contributed by atoms with Crippen LogP contribution in [-0.4, -0.2) is 43.6 Å². The van der Waals surface area contributed by atoms with Crippen LogP contribution < -0.4 is 11.1 Å². The summed E-state index contributed by atoms with van der Waals surface area (Å²) in [6, 6.07) is 8.52. The number of nitrogens with one attached hydrogen (secondary N) is 1. The van der Waals surface area contributed by atoms with Gasteiger partial charge in [0.2, 0.25) is 0 Å². The number of aliphatic imine (C=N–C) groups is 1. The van der Waals surface area contributed by atoms with E-state index in [0.717, 1.165) is 24.3 Å². The lowest BCUT2D eigenvalue weighted by Gasteiger charge is -2.25. The number of hydrogen-bond donors (Lipinski definition) is 2. The number of likely N-dealkylation sites (tertiary alicyclic amines) is 1. The van der Waals surface area contributed by atoms with Crippen molar-refractivity contribution in [1.29, 1.82) is 0 Å². The molecule has 1 aliphatic rings. The van der Waals surface area contributed by atoms with E-state index < -0.39 is 0 Å². The van der Waals surface area contributed by atoms with E-state index in [2.05, 4.69) is 29.1 Å². The molecule has 0 unspecified atom stereocenters. The zero-order valence-electron chi connectivity index (χ0n) is 14.6. The number of nitrogens with zero attached hydrogens (tertiary/aromatic N) is 2. The Hall–Kier alpha value is -1.59. The zero-order valence-corrected chi connectivity index (χ0v) is 14.6. The van der Waals surface area contributed by atoms with Crippen LogP contribution in [0.5, 0.6) is 0 Å². The minimum atomic E-state index is 0.477. The highest BCUT2D eigenvalue weighted by Gasteiger charge is 2.24. The van der Waals surface area contributed by atoms with E-state index in [1.807, 2.05) is 24.3 Å². The van der Waals surface area contributed by atoms with Gasteiger partial charge in [-0.05, 0) is 31.4 Å². The third-order valence-electron chi connectivity index (χ3n) is 4.15. The molecule has 23 heavy (non-hydrogen) atoms. The van der Waals surface area contributed by atoms with Crippen molar-refractivity contribution in [2.24, 2.45) is 16.6 Å². The highest BCUT2D eigenvalue weighted by Crippen LogP contribution is 2.19. The standard InChI is InChI=1S/C18H30N4O/c1-14(2)12-22-10-6-8-16(22)11-20-18(19)21-17-9-5-4-7-15(17)13-23-3/h4-5,7,9,14,16H,6,8,10-13H2,1-3H3,(H3,19,20,21)/t16-/m0/s1. The summed E-state index contributed by atoms with van der Waals surface area (Å²) in [5.74, 6) is 1.17. The molecule has 1 heterocycles. The second kappa shape index (κ2) is 8.89. The van der Waals surface area contributed by atoms with Gasteiger partial charge < -0.3 is 15.8 Å². The summed E-state index contributed by atoms with van der Waals surface area (Å²) in [4.78, 5) is 7.10. The van der Waals surface area contributed by atoms with E-state index in [-0.39, 0.29) is 0 Å². The summed E-state index contributed by atoms with van der Waals surface area (Å²) in [7, 11) is 1.69. The molecule has 0 amide bonds. The minimum Gasteiger partial charge on any atom is -0.380 e. The van der Waals surface area contributed by atoms with Gasteiger partial charge in [0.25, 0.3) is 0 Å². The van der Waals surface area contributed by atoms with E-state index in [4.69, 9.17) is 10.5 Å². The molecule has 3 N–H and O–H groups in total. The topological polar surface area (TPSA) is 62.9 Å². The Labute approximate surface area is 139 Å². The van der Waals surface area contributed by atoms with Crippen molar-refractivity contribution in [3.8, 4) is 0 Å². The minimum absolute atomic E-state index is 0.477. The predicted molar refractivity (Wildman–Crippen MR) is 96.7 cm³/mol. The number of nitrogens with two attached hydrogens (primary N) is 1. The van der Waals surface area contributed by atoms with Crippen LogP contribution in [0.15, 0.2) is 29.3 Å². The zero-order chi connectivity index (χ0) is 16.7. The number of hydrogen-bond acceptors (Lipinski definition) is 3. The number of benzene rings is 1. The summed E-state index contributed by atoms with van der Waals surface area (Å²) in [6.45, 7) is 8.18. The Morgan fingerprint density at radius 1 is 1.43 bits per heavy atom. The molecule has 0 radical (unpaired) electrons. The van der Waals surface area contributed by atoms with Crippen molar-refractivity contribution >= 4 is 11.6 Å². The van der Waals surface area contributed by atoms with Crippen LogP contribution in [0.1, 0.15) is 32.3 Å². The molecule has 1 aliphatic heterocycles. The Kier molecular flexibility index (Phi) is 6.86. The quantitative estimate of drug-likeness (QED) is 0.599. The van der Waals surface area contributed by atoms with Gasteiger partial charge in [-0.25, -0.2) is 0 Å². The van der Waals surface area contributed by atoms with Crippen molar-refractivity contribution < 1.29 is 4.74 Å². The molecule has 1 aromatic rings. The molecule has 1 aromatic carbocycles. The molecule has 5 heteroatoms. The smallest absolute Gasteiger partial charge is 0.193 e. The first kappa shape index (κ1) is 17.8. The first-order chi connectivity index (χ1) is 11.1. The molecule has 1 atom stereocenters. The van der Waals surface area contributed by atoms with Crippen molar-refractivity contribution in [3.05, 3.63) is 29.8 Å². The van der Waals surface area contributed by atoms with Crippen LogP contribution in [0, 0.1) is 5.92 Å². The fourth-order valence-electron chi connectivity index (χ4n) is 3.12. The van der Waals surface area contributed by atoms with Crippen LogP contribution in [0.25, 0.3) is 0 Å². The molecule has 0 bridgehead atoms. The first-order valence-electron chi connectivity index (χ1n) is 8.48. The lowest BCUT2D eigenvalue weighted by Crippen LogP contribution is -2.35. The number of guanidine groups is 1. The van der Waals surface area contributed by atoms with Gasteiger partial charge in [-0.3, -0.25) is 9.89 Å². The lowest BCUT2D eigenvalue weighted by atomic mass is 10.1. The number of ether oxygens (including phenoxy) is 1. The highest BCUT2D eigenvalue weighted by atomic mass is 16.5. The summed E-state index contributed by atoms with van der Waals surface area (Å²) in [5.41, 5.74) is 8.11. The van der Waals surface area contributed by atoms with Gasteiger partial charge >= 0.3 is 0 Å². The average Bonchev–Trinajstić information content (AvgIpc) is 2.94. The maximum atomic E-state index is 6.08. The van der Waals surface area contributed by atoms with Crippen molar-refractivity contribution in [2.45, 2.75) is 39.3 Å². The second-order valence-electron chi connectivity index (χ2n) is 6.63. The van der Waals surface area contributed by atoms with Crippen LogP contribution in [-0.2, 0) is 11.3 Å². The van der Waals surface area contributed by atoms with Crippen LogP contribution in [0.2, 0.25) is 0 Å². The second-order valence-corrected chi connectivity index (χ2v) is 6.63. The SMILES string of the molecule is COCc1ccccc1NC(N)=NC[C@@H]1CCCN1CC(C)C. The molecule has 2 rings (SSSR count). The van der Waals surface area contributed by atoms with E-state index in [1.54, 1.807) is 7.11 Å². The number of methoxy groups -OCH3 is 1. The molecule has 0 spiro atoms. The summed E-state index contributed by atoms with van der Waals surface area (Å²) >= 11 is 0. The van der Waals surface area contributed by atoms with E-state index in [1.165, 1.54) is 19.4 Å². The molecular formula is C18H30N4O. The van der Waals surface area contributed by atoms with Gasteiger partial charge in [0.15, 0.2) is 5.96 Å². The van der Waals surface area contributed by atoms with Gasteiger partial charge in [0.05, 0.1) is 13.2 Å². The fourth-order valence-corrected chi connectivity index (χ4v) is 3.12. The monoisotopic (exact) mass is 318 g/mol. The van der Waals surface area contributed by atoms with Crippen LogP contribution >= 0.6 is 0 Å². The molecule has 0 aromatic heterocycles. The molecule has 5 nitrogen and oxygen atoms in total. The fraction of sp³-hybridized carbons (Fsp3) is 0.611. The van der Waals surface area contributed by atoms with Gasteiger partial charge in [0.1, 0.15) is 0 Å². The van der Waals surface area contributed by atoms with Crippen molar-refractivity contribution in [1.82, 2.24) is 4.90 Å². The summed E-state index contributed by atoms with van der Waals surface area (Å²) in [5, 5.41) is 3.20. The highest BCUT2D eigenvalue weighted by molar-refractivity contribution is 5.92. The van der Waals surface area contributed by atoms with Crippen LogP contribution in [0.3, 0.4) is 0 Å². The molecule has 1 fully saturated rings. The Morgan fingerprint density at radius 3 is 2.96 bits per heavy atom. The lowest BCUT2D eigenvalue weighted by molar-refractivity contribution is 0.185. The summed E-state index contributed by atoms with van der Waals surface area (Å²) in [6.07, 6.45) is 2.47. The molecule has 0 aliphatic carbocycles. The Morgan fingerprint density at radius 2 is 2.22 bits per heavy atom. The van der Waals surface area contributed by atoms with E-state index in [9.17, 15) is 0 Å². The predicted octanol–water partition coefficient (Wildman–Crippen LogP) is 2.68. The van der Waals surface area contributed by atoms with Crippen molar-refractivity contribution in [3.63, 3.8) is 0 Å². The van der Waals surface area contributed by atoms with E-state index in [0.29, 0.717) is 24.5 Å². The normalized spacial score (nSPS) is 19.5. The van der Waals surface area contributed by atoms with Gasteiger partial charge in [-0.1, -0.05) is 32.0 Å². The molecular weight excluding hydrogens is 288 g/mol. The maximum Gasteiger partial charge on any atom is 0.193 e. The first-order valence-corrected chi connectivity index (χ1v) is 8.48. The third kappa shape index (κ3) is 5.52. The van der Waals surface area contributed by atoms with Crippen molar-refractivity contribution in [2.75, 3.05) is 32.1 Å². The number of rotatable bonds is 7.